The standard InChI is InChI=1S/C8H16N2O4.C2H6/c1-10(2)5-6(14-3)8(13)9-4-7(11)12;1-2/h6H,4-5H2,1-3H3,(H,9,13)(H,11,12);1-2H3. The van der Waals surface area contributed by atoms with Gasteiger partial charge in [0.05, 0.1) is 0 Å². The first-order valence-corrected chi connectivity index (χ1v) is 5.14. The molecule has 0 saturated carbocycles. The molecule has 0 saturated heterocycles. The maximum atomic E-state index is 11.3. The van der Waals surface area contributed by atoms with Crippen LogP contribution < -0.4 is 5.32 Å². The summed E-state index contributed by atoms with van der Waals surface area (Å²) >= 11 is 0. The van der Waals surface area contributed by atoms with E-state index in [1.165, 1.54) is 7.11 Å². The van der Waals surface area contributed by atoms with Crippen LogP contribution >= 0.6 is 0 Å². The first-order valence-electron chi connectivity index (χ1n) is 5.14. The number of carboxylic acids is 1. The number of ether oxygens (including phenoxy) is 1. The fourth-order valence-corrected chi connectivity index (χ4v) is 0.873. The fraction of sp³-hybridized carbons (Fsp3) is 0.800. The van der Waals surface area contributed by atoms with Gasteiger partial charge in [-0.1, -0.05) is 13.8 Å². The maximum absolute atomic E-state index is 11.3. The summed E-state index contributed by atoms with van der Waals surface area (Å²) in [7, 11) is 5.02. The molecule has 6 heteroatoms. The van der Waals surface area contributed by atoms with Crippen molar-refractivity contribution in [1.82, 2.24) is 10.2 Å². The summed E-state index contributed by atoms with van der Waals surface area (Å²) in [4.78, 5) is 23.2. The lowest BCUT2D eigenvalue weighted by Crippen LogP contribution is -2.43. The number of aliphatic carboxylic acids is 1. The van der Waals surface area contributed by atoms with Gasteiger partial charge in [-0.3, -0.25) is 9.59 Å². The highest BCUT2D eigenvalue weighted by atomic mass is 16.5. The van der Waals surface area contributed by atoms with Crippen LogP contribution in [0.15, 0.2) is 0 Å². The van der Waals surface area contributed by atoms with Crippen LogP contribution in [0.3, 0.4) is 0 Å². The van der Waals surface area contributed by atoms with Crippen molar-refractivity contribution in [2.45, 2.75) is 20.0 Å². The van der Waals surface area contributed by atoms with E-state index in [0.717, 1.165) is 0 Å². The molecule has 0 aliphatic rings. The molecule has 0 bridgehead atoms. The second-order valence-electron chi connectivity index (χ2n) is 3.10. The number of carboxylic acid groups (broad SMARTS) is 1. The van der Waals surface area contributed by atoms with Crippen molar-refractivity contribution in [3.63, 3.8) is 0 Å². The SMILES string of the molecule is CC.COC(CN(C)C)C(=O)NCC(=O)O. The van der Waals surface area contributed by atoms with Gasteiger partial charge in [-0.05, 0) is 14.1 Å². The lowest BCUT2D eigenvalue weighted by Gasteiger charge is -2.18. The van der Waals surface area contributed by atoms with Gasteiger partial charge in [0.15, 0.2) is 0 Å². The zero-order valence-electron chi connectivity index (χ0n) is 10.6. The molecule has 0 rings (SSSR count). The van der Waals surface area contributed by atoms with Crippen molar-refractivity contribution < 1.29 is 19.4 Å². The molecule has 0 radical (unpaired) electrons. The van der Waals surface area contributed by atoms with Gasteiger partial charge in [0.1, 0.15) is 12.6 Å². The Kier molecular flexibility index (Phi) is 11.2. The van der Waals surface area contributed by atoms with Gasteiger partial charge >= 0.3 is 5.97 Å². The molecule has 1 atom stereocenters. The minimum Gasteiger partial charge on any atom is -0.480 e. The number of hydrogen-bond donors (Lipinski definition) is 2. The van der Waals surface area contributed by atoms with E-state index in [1.54, 1.807) is 19.0 Å². The molecule has 0 aromatic rings. The molecule has 96 valence electrons. The van der Waals surface area contributed by atoms with Gasteiger partial charge in [-0.25, -0.2) is 0 Å². The Balaban J connectivity index is 0. The largest absolute Gasteiger partial charge is 0.480 e. The molecular weight excluding hydrogens is 212 g/mol. The van der Waals surface area contributed by atoms with Crippen LogP contribution in [0.25, 0.3) is 0 Å². The third-order valence-corrected chi connectivity index (χ3v) is 1.52. The first-order chi connectivity index (χ1) is 7.47. The van der Waals surface area contributed by atoms with Crippen molar-refractivity contribution in [2.24, 2.45) is 0 Å². The van der Waals surface area contributed by atoms with Gasteiger partial charge in [-0.15, -0.1) is 0 Å². The first kappa shape index (κ1) is 17.3. The van der Waals surface area contributed by atoms with Crippen LogP contribution in [0.5, 0.6) is 0 Å². The second kappa shape index (κ2) is 10.4. The lowest BCUT2D eigenvalue weighted by molar-refractivity contribution is -0.140. The highest BCUT2D eigenvalue weighted by Gasteiger charge is 2.18. The van der Waals surface area contributed by atoms with Gasteiger partial charge in [0.25, 0.3) is 5.91 Å². The minimum atomic E-state index is -1.07. The van der Waals surface area contributed by atoms with Gasteiger partial charge < -0.3 is 20.1 Å². The molecular formula is C10H22N2O4. The van der Waals surface area contributed by atoms with E-state index < -0.39 is 18.0 Å². The van der Waals surface area contributed by atoms with Crippen LogP contribution in [0.4, 0.5) is 0 Å². The topological polar surface area (TPSA) is 78.9 Å². The lowest BCUT2D eigenvalue weighted by atomic mass is 10.3. The Bertz CT molecular complexity index is 207. The fourth-order valence-electron chi connectivity index (χ4n) is 0.873. The molecule has 0 aliphatic carbocycles. The van der Waals surface area contributed by atoms with Gasteiger partial charge in [0, 0.05) is 13.7 Å². The van der Waals surface area contributed by atoms with Crippen LogP contribution in [-0.4, -0.2) is 62.3 Å². The zero-order valence-corrected chi connectivity index (χ0v) is 10.6. The van der Waals surface area contributed by atoms with Crippen molar-refractivity contribution >= 4 is 11.9 Å². The van der Waals surface area contributed by atoms with Crippen molar-refractivity contribution in [3.05, 3.63) is 0 Å². The normalized spacial score (nSPS) is 11.4. The number of nitrogens with one attached hydrogen (secondary N) is 1. The smallest absolute Gasteiger partial charge is 0.322 e. The van der Waals surface area contributed by atoms with Crippen molar-refractivity contribution in [1.29, 1.82) is 0 Å². The average molecular weight is 234 g/mol. The Morgan fingerprint density at radius 2 is 1.88 bits per heavy atom. The molecule has 0 heterocycles. The van der Waals surface area contributed by atoms with Crippen LogP contribution in [0.1, 0.15) is 13.8 Å². The number of nitrogens with zero attached hydrogens (tertiary/aromatic N) is 1. The molecule has 0 fully saturated rings. The average Bonchev–Trinajstić information content (AvgIpc) is 2.25. The van der Waals surface area contributed by atoms with Crippen LogP contribution in [0.2, 0.25) is 0 Å². The highest BCUT2D eigenvalue weighted by Crippen LogP contribution is 1.92. The molecule has 1 unspecified atom stereocenters. The number of carbonyl (C=O) groups is 2. The van der Waals surface area contributed by atoms with Crippen LogP contribution in [0, 0.1) is 0 Å². The van der Waals surface area contributed by atoms with E-state index in [0.29, 0.717) is 6.54 Å². The van der Waals surface area contributed by atoms with Crippen molar-refractivity contribution in [3.8, 4) is 0 Å². The Labute approximate surface area is 96.6 Å². The Morgan fingerprint density at radius 3 is 2.19 bits per heavy atom. The summed E-state index contributed by atoms with van der Waals surface area (Å²) in [5.41, 5.74) is 0. The summed E-state index contributed by atoms with van der Waals surface area (Å²) in [6.07, 6.45) is -0.635. The number of likely N-dealkylation sites (N-methyl/N-ethyl adjacent to an activating group) is 1. The third-order valence-electron chi connectivity index (χ3n) is 1.52. The summed E-state index contributed by atoms with van der Waals surface area (Å²) in [6, 6.07) is 0. The number of carbonyl (C=O) groups excluding carboxylic acids is 1. The number of hydrogen-bond acceptors (Lipinski definition) is 4. The zero-order chi connectivity index (χ0) is 13.1. The van der Waals surface area contributed by atoms with Gasteiger partial charge in [0.2, 0.25) is 0 Å². The monoisotopic (exact) mass is 234 g/mol. The van der Waals surface area contributed by atoms with Crippen LogP contribution in [-0.2, 0) is 14.3 Å². The maximum Gasteiger partial charge on any atom is 0.322 e. The van der Waals surface area contributed by atoms with E-state index >= 15 is 0 Å². The molecule has 0 aromatic heterocycles. The highest BCUT2D eigenvalue weighted by molar-refractivity contribution is 5.84. The Morgan fingerprint density at radius 1 is 1.38 bits per heavy atom. The van der Waals surface area contributed by atoms with Gasteiger partial charge in [-0.2, -0.15) is 0 Å². The third kappa shape index (κ3) is 9.42. The Hall–Kier alpha value is -1.14. The minimum absolute atomic E-state index is 0.383. The van der Waals surface area contributed by atoms with E-state index in [2.05, 4.69) is 5.32 Å². The molecule has 6 nitrogen and oxygen atoms in total. The molecule has 0 spiro atoms. The summed E-state index contributed by atoms with van der Waals surface area (Å²) in [5, 5.41) is 10.6. The summed E-state index contributed by atoms with van der Waals surface area (Å²) in [6.45, 7) is 4.04. The number of methoxy groups -OCH3 is 1. The summed E-state index contributed by atoms with van der Waals surface area (Å²) in [5.74, 6) is -1.48. The molecule has 1 amide bonds. The summed E-state index contributed by atoms with van der Waals surface area (Å²) < 4.78 is 4.91. The predicted molar refractivity (Wildman–Crippen MR) is 61.3 cm³/mol. The molecule has 0 aliphatic heterocycles. The molecule has 0 aromatic carbocycles. The quantitative estimate of drug-likeness (QED) is 0.665. The number of rotatable bonds is 6. The second-order valence-corrected chi connectivity index (χ2v) is 3.10. The van der Waals surface area contributed by atoms with Crippen molar-refractivity contribution in [2.75, 3.05) is 34.3 Å². The van der Waals surface area contributed by atoms with E-state index in [-0.39, 0.29) is 6.54 Å². The molecule has 16 heavy (non-hydrogen) atoms. The number of amides is 1. The molecule has 2 N–H and O–H groups in total. The predicted octanol–water partition coefficient (Wildman–Crippen LogP) is -0.210. The van der Waals surface area contributed by atoms with E-state index in [9.17, 15) is 9.59 Å². The van der Waals surface area contributed by atoms with E-state index in [4.69, 9.17) is 9.84 Å². The van der Waals surface area contributed by atoms with E-state index in [1.807, 2.05) is 13.8 Å².